The first kappa shape index (κ1) is 19.6. The van der Waals surface area contributed by atoms with Gasteiger partial charge < -0.3 is 14.8 Å². The second kappa shape index (κ2) is 7.39. The van der Waals surface area contributed by atoms with Crippen LogP contribution in [0.15, 0.2) is 36.4 Å². The zero-order chi connectivity index (χ0) is 21.7. The third-order valence-electron chi connectivity index (χ3n) is 5.63. The molecule has 3 heterocycles. The van der Waals surface area contributed by atoms with Crippen molar-refractivity contribution in [3.8, 4) is 16.6 Å². The van der Waals surface area contributed by atoms with Crippen LogP contribution in [-0.2, 0) is 4.79 Å². The van der Waals surface area contributed by atoms with Gasteiger partial charge >= 0.3 is 0 Å². The average molecular weight is 435 g/mol. The van der Waals surface area contributed by atoms with Crippen molar-refractivity contribution in [3.63, 3.8) is 0 Å². The molecule has 158 valence electrons. The smallest absolute Gasteiger partial charge is 0.226 e. The zero-order valence-corrected chi connectivity index (χ0v) is 18.5. The maximum atomic E-state index is 12.7. The molecule has 1 aliphatic rings. The van der Waals surface area contributed by atoms with Gasteiger partial charge in [0, 0.05) is 29.5 Å². The molecule has 0 spiro atoms. The standard InChI is InChI=1S/C23H22N4O3S/c1-12-5-8-17-19(9-12)31-23(24-17)27-22-21(13(2)26-27)16(11-20(28)25-22)15-7-6-14(29-3)10-18(15)30-4/h5-10,16H,11H2,1-4H3,(H,25,28)/t16-/m1/s1. The van der Waals surface area contributed by atoms with Crippen LogP contribution in [0.2, 0.25) is 0 Å². The van der Waals surface area contributed by atoms with Gasteiger partial charge in [-0.25, -0.2) is 4.98 Å². The Labute approximate surface area is 183 Å². The van der Waals surface area contributed by atoms with Crippen LogP contribution < -0.4 is 14.8 Å². The molecule has 1 N–H and O–H groups in total. The summed E-state index contributed by atoms with van der Waals surface area (Å²) in [7, 11) is 3.25. The van der Waals surface area contributed by atoms with Crippen molar-refractivity contribution in [2.24, 2.45) is 0 Å². The van der Waals surface area contributed by atoms with Crippen LogP contribution in [0.3, 0.4) is 0 Å². The number of hydrogen-bond donors (Lipinski definition) is 1. The monoisotopic (exact) mass is 434 g/mol. The minimum atomic E-state index is -0.171. The van der Waals surface area contributed by atoms with Crippen molar-refractivity contribution in [2.45, 2.75) is 26.2 Å². The molecule has 0 saturated carbocycles. The second-order valence-electron chi connectivity index (χ2n) is 7.64. The number of thiazole rings is 1. The predicted molar refractivity (Wildman–Crippen MR) is 121 cm³/mol. The lowest BCUT2D eigenvalue weighted by atomic mass is 9.85. The molecule has 5 rings (SSSR count). The van der Waals surface area contributed by atoms with Gasteiger partial charge in [0.1, 0.15) is 17.3 Å². The Hall–Kier alpha value is -3.39. The zero-order valence-electron chi connectivity index (χ0n) is 17.7. The lowest BCUT2D eigenvalue weighted by molar-refractivity contribution is -0.116. The number of nitrogens with one attached hydrogen (secondary N) is 1. The number of nitrogens with zero attached hydrogens (tertiary/aromatic N) is 3. The molecule has 7 nitrogen and oxygen atoms in total. The number of rotatable bonds is 4. The van der Waals surface area contributed by atoms with E-state index >= 15 is 0 Å². The summed E-state index contributed by atoms with van der Waals surface area (Å²) in [4.78, 5) is 17.5. The normalized spacial score (nSPS) is 15.6. The van der Waals surface area contributed by atoms with E-state index in [4.69, 9.17) is 19.6 Å². The Balaban J connectivity index is 1.66. The average Bonchev–Trinajstić information content (AvgIpc) is 3.33. The van der Waals surface area contributed by atoms with E-state index in [0.29, 0.717) is 23.7 Å². The molecule has 2 aromatic heterocycles. The number of aryl methyl sites for hydroxylation is 2. The predicted octanol–water partition coefficient (Wildman–Crippen LogP) is 4.59. The Kier molecular flexibility index (Phi) is 4.66. The van der Waals surface area contributed by atoms with Gasteiger partial charge in [-0.05, 0) is 37.6 Å². The fourth-order valence-corrected chi connectivity index (χ4v) is 5.19. The Morgan fingerprint density at radius 1 is 1.13 bits per heavy atom. The maximum Gasteiger partial charge on any atom is 0.226 e. The van der Waals surface area contributed by atoms with Gasteiger partial charge in [-0.3, -0.25) is 4.79 Å². The molecule has 0 unspecified atom stereocenters. The summed E-state index contributed by atoms with van der Waals surface area (Å²) in [6.45, 7) is 4.03. The van der Waals surface area contributed by atoms with Crippen LogP contribution in [0.4, 0.5) is 5.82 Å². The summed E-state index contributed by atoms with van der Waals surface area (Å²) in [5.41, 5.74) is 4.87. The number of carbonyl (C=O) groups is 1. The lowest BCUT2D eigenvalue weighted by Crippen LogP contribution is -2.25. The highest BCUT2D eigenvalue weighted by molar-refractivity contribution is 7.20. The molecule has 0 radical (unpaired) electrons. The van der Waals surface area contributed by atoms with E-state index < -0.39 is 0 Å². The number of aromatic nitrogens is 3. The minimum absolute atomic E-state index is 0.0616. The maximum absolute atomic E-state index is 12.7. The molecule has 1 atom stereocenters. The minimum Gasteiger partial charge on any atom is -0.497 e. The quantitative estimate of drug-likeness (QED) is 0.508. The van der Waals surface area contributed by atoms with Gasteiger partial charge in [0.2, 0.25) is 11.0 Å². The van der Waals surface area contributed by atoms with Crippen LogP contribution in [0.1, 0.15) is 34.7 Å². The number of methoxy groups -OCH3 is 2. The fourth-order valence-electron chi connectivity index (χ4n) is 4.17. The summed E-state index contributed by atoms with van der Waals surface area (Å²) in [5, 5.41) is 8.52. The first-order valence-corrected chi connectivity index (χ1v) is 10.8. The number of benzene rings is 2. The number of hydrogen-bond acceptors (Lipinski definition) is 6. The third kappa shape index (κ3) is 3.23. The Bertz CT molecular complexity index is 1320. The van der Waals surface area contributed by atoms with Crippen molar-refractivity contribution >= 4 is 33.3 Å². The molecule has 1 aliphatic heterocycles. The third-order valence-corrected chi connectivity index (χ3v) is 6.63. The van der Waals surface area contributed by atoms with E-state index in [9.17, 15) is 4.79 Å². The molecule has 4 aromatic rings. The highest BCUT2D eigenvalue weighted by Gasteiger charge is 2.34. The molecule has 0 aliphatic carbocycles. The summed E-state index contributed by atoms with van der Waals surface area (Å²) in [6, 6.07) is 11.9. The Morgan fingerprint density at radius 2 is 1.97 bits per heavy atom. The molecule has 8 heteroatoms. The highest BCUT2D eigenvalue weighted by atomic mass is 32.1. The van der Waals surface area contributed by atoms with Crippen LogP contribution in [0.5, 0.6) is 11.5 Å². The van der Waals surface area contributed by atoms with Crippen LogP contribution >= 0.6 is 11.3 Å². The molecule has 1 amide bonds. The highest BCUT2D eigenvalue weighted by Crippen LogP contribution is 2.44. The van der Waals surface area contributed by atoms with Crippen LogP contribution in [0.25, 0.3) is 15.3 Å². The number of carbonyl (C=O) groups excluding carboxylic acids is 1. The van der Waals surface area contributed by atoms with Gasteiger partial charge in [-0.2, -0.15) is 9.78 Å². The number of fused-ring (bicyclic) bond motifs is 2. The van der Waals surface area contributed by atoms with E-state index in [-0.39, 0.29) is 11.8 Å². The fraction of sp³-hybridized carbons (Fsp3) is 0.261. The van der Waals surface area contributed by atoms with E-state index in [1.165, 1.54) is 5.56 Å². The van der Waals surface area contributed by atoms with Gasteiger partial charge in [-0.1, -0.05) is 23.5 Å². The number of amides is 1. The second-order valence-corrected chi connectivity index (χ2v) is 8.65. The van der Waals surface area contributed by atoms with Crippen molar-refractivity contribution < 1.29 is 14.3 Å². The van der Waals surface area contributed by atoms with E-state index in [1.807, 2.05) is 37.3 Å². The van der Waals surface area contributed by atoms with Crippen molar-refractivity contribution in [1.29, 1.82) is 0 Å². The van der Waals surface area contributed by atoms with Crippen molar-refractivity contribution in [2.75, 3.05) is 19.5 Å². The van der Waals surface area contributed by atoms with E-state index in [1.54, 1.807) is 30.2 Å². The number of ether oxygens (including phenoxy) is 2. The van der Waals surface area contributed by atoms with Gasteiger partial charge in [0.15, 0.2) is 0 Å². The molecule has 0 saturated heterocycles. The SMILES string of the molecule is COc1ccc([C@H]2CC(=O)Nc3c2c(C)nn3-c2nc3ccc(C)cc3s2)c(OC)c1. The summed E-state index contributed by atoms with van der Waals surface area (Å²) < 4.78 is 13.8. The van der Waals surface area contributed by atoms with E-state index in [2.05, 4.69) is 18.3 Å². The summed E-state index contributed by atoms with van der Waals surface area (Å²) in [6.07, 6.45) is 0.321. The van der Waals surface area contributed by atoms with Gasteiger partial charge in [-0.15, -0.1) is 0 Å². The summed E-state index contributed by atoms with van der Waals surface area (Å²) in [5.74, 6) is 1.83. The molecule has 0 fully saturated rings. The van der Waals surface area contributed by atoms with Gasteiger partial charge in [0.25, 0.3) is 0 Å². The molecule has 2 aromatic carbocycles. The molecule has 31 heavy (non-hydrogen) atoms. The molecular weight excluding hydrogens is 412 g/mol. The number of anilines is 1. The van der Waals surface area contributed by atoms with Gasteiger partial charge in [0.05, 0.1) is 30.1 Å². The topological polar surface area (TPSA) is 78.3 Å². The van der Waals surface area contributed by atoms with Crippen molar-refractivity contribution in [3.05, 3.63) is 58.8 Å². The van der Waals surface area contributed by atoms with Crippen LogP contribution in [-0.4, -0.2) is 34.9 Å². The Morgan fingerprint density at radius 3 is 2.74 bits per heavy atom. The van der Waals surface area contributed by atoms with E-state index in [0.717, 1.165) is 32.2 Å². The first-order chi connectivity index (χ1) is 15.0. The van der Waals surface area contributed by atoms with Crippen molar-refractivity contribution in [1.82, 2.24) is 14.8 Å². The molecular formula is C23H22N4O3S. The summed E-state index contributed by atoms with van der Waals surface area (Å²) >= 11 is 1.56. The van der Waals surface area contributed by atoms with Crippen LogP contribution in [0, 0.1) is 13.8 Å². The largest absolute Gasteiger partial charge is 0.497 e. The molecule has 0 bridgehead atoms. The lowest BCUT2D eigenvalue weighted by Gasteiger charge is -2.25. The first-order valence-electron chi connectivity index (χ1n) is 9.97.